The molecular formula is C10H15N5O2. The van der Waals surface area contributed by atoms with E-state index in [1.807, 2.05) is 6.92 Å². The molecule has 0 saturated carbocycles. The van der Waals surface area contributed by atoms with Crippen LogP contribution >= 0.6 is 0 Å². The van der Waals surface area contributed by atoms with Gasteiger partial charge < -0.3 is 16.4 Å². The first kappa shape index (κ1) is 12.9. The molecule has 2 amide bonds. The van der Waals surface area contributed by atoms with Crippen LogP contribution in [0.5, 0.6) is 0 Å². The van der Waals surface area contributed by atoms with Crippen LogP contribution in [0, 0.1) is 0 Å². The number of hydrogen-bond acceptors (Lipinski definition) is 5. The Labute approximate surface area is 98.8 Å². The molecule has 1 atom stereocenters. The zero-order valence-electron chi connectivity index (χ0n) is 9.73. The average molecular weight is 237 g/mol. The lowest BCUT2D eigenvalue weighted by Gasteiger charge is -2.09. The van der Waals surface area contributed by atoms with Crippen LogP contribution < -0.4 is 16.4 Å². The van der Waals surface area contributed by atoms with Gasteiger partial charge in [-0.05, 0) is 26.0 Å². The SMILES string of the molecule is CCNC(=O)c1ccc(NC(C)C(N)=O)nn1. The van der Waals surface area contributed by atoms with E-state index in [2.05, 4.69) is 20.8 Å². The largest absolute Gasteiger partial charge is 0.368 e. The predicted octanol–water partition coefficient (Wildman–Crippen LogP) is -0.488. The molecule has 0 spiro atoms. The van der Waals surface area contributed by atoms with Crippen molar-refractivity contribution in [1.29, 1.82) is 0 Å². The molecule has 1 rings (SSSR count). The van der Waals surface area contributed by atoms with E-state index in [9.17, 15) is 9.59 Å². The van der Waals surface area contributed by atoms with Gasteiger partial charge in [0.05, 0.1) is 0 Å². The number of nitrogens with one attached hydrogen (secondary N) is 2. The van der Waals surface area contributed by atoms with Crippen LogP contribution in [0.1, 0.15) is 24.3 Å². The number of anilines is 1. The average Bonchev–Trinajstić information content (AvgIpc) is 2.30. The molecule has 0 bridgehead atoms. The number of carbonyl (C=O) groups is 2. The Morgan fingerprint density at radius 3 is 2.59 bits per heavy atom. The van der Waals surface area contributed by atoms with Gasteiger partial charge in [0.2, 0.25) is 5.91 Å². The number of aromatic nitrogens is 2. The van der Waals surface area contributed by atoms with Crippen LogP contribution in [-0.4, -0.2) is 34.6 Å². The van der Waals surface area contributed by atoms with Crippen molar-refractivity contribution in [3.8, 4) is 0 Å². The van der Waals surface area contributed by atoms with E-state index >= 15 is 0 Å². The first-order valence-electron chi connectivity index (χ1n) is 5.22. The second-order valence-electron chi connectivity index (χ2n) is 3.43. The van der Waals surface area contributed by atoms with Gasteiger partial charge in [-0.15, -0.1) is 10.2 Å². The Hall–Kier alpha value is -2.18. The molecule has 1 heterocycles. The first-order chi connectivity index (χ1) is 8.04. The van der Waals surface area contributed by atoms with Gasteiger partial charge in [-0.1, -0.05) is 0 Å². The molecule has 0 saturated heterocycles. The van der Waals surface area contributed by atoms with E-state index in [-0.39, 0.29) is 11.6 Å². The quantitative estimate of drug-likeness (QED) is 0.640. The lowest BCUT2D eigenvalue weighted by atomic mass is 10.3. The van der Waals surface area contributed by atoms with Crippen molar-refractivity contribution in [3.05, 3.63) is 17.8 Å². The second kappa shape index (κ2) is 5.78. The van der Waals surface area contributed by atoms with Crippen LogP contribution in [0.4, 0.5) is 5.82 Å². The van der Waals surface area contributed by atoms with Crippen LogP contribution in [0.25, 0.3) is 0 Å². The Morgan fingerprint density at radius 1 is 1.41 bits per heavy atom. The lowest BCUT2D eigenvalue weighted by molar-refractivity contribution is -0.118. The number of nitrogens with two attached hydrogens (primary N) is 1. The minimum absolute atomic E-state index is 0.226. The smallest absolute Gasteiger partial charge is 0.271 e. The maximum atomic E-state index is 11.4. The highest BCUT2D eigenvalue weighted by molar-refractivity contribution is 5.92. The summed E-state index contributed by atoms with van der Waals surface area (Å²) in [6.45, 7) is 3.96. The molecule has 17 heavy (non-hydrogen) atoms. The van der Waals surface area contributed by atoms with E-state index in [1.165, 1.54) is 6.07 Å². The van der Waals surface area contributed by atoms with E-state index in [0.29, 0.717) is 12.4 Å². The molecule has 0 aliphatic carbocycles. The zero-order chi connectivity index (χ0) is 12.8. The zero-order valence-corrected chi connectivity index (χ0v) is 9.73. The van der Waals surface area contributed by atoms with E-state index in [1.54, 1.807) is 13.0 Å². The van der Waals surface area contributed by atoms with E-state index in [0.717, 1.165) is 0 Å². The minimum Gasteiger partial charge on any atom is -0.368 e. The maximum absolute atomic E-state index is 11.4. The van der Waals surface area contributed by atoms with Crippen molar-refractivity contribution in [2.24, 2.45) is 5.73 Å². The number of rotatable bonds is 5. The molecule has 7 heteroatoms. The van der Waals surface area contributed by atoms with Gasteiger partial charge in [-0.2, -0.15) is 0 Å². The summed E-state index contributed by atoms with van der Waals surface area (Å²) in [5, 5.41) is 12.9. The molecule has 7 nitrogen and oxygen atoms in total. The molecule has 0 fully saturated rings. The van der Waals surface area contributed by atoms with Crippen molar-refractivity contribution in [2.75, 3.05) is 11.9 Å². The predicted molar refractivity (Wildman–Crippen MR) is 62.3 cm³/mol. The molecule has 92 valence electrons. The normalized spacial score (nSPS) is 11.6. The highest BCUT2D eigenvalue weighted by atomic mass is 16.2. The van der Waals surface area contributed by atoms with Gasteiger partial charge >= 0.3 is 0 Å². The van der Waals surface area contributed by atoms with Gasteiger partial charge in [0.15, 0.2) is 5.69 Å². The van der Waals surface area contributed by atoms with Crippen LogP contribution in [-0.2, 0) is 4.79 Å². The summed E-state index contributed by atoms with van der Waals surface area (Å²) in [4.78, 5) is 22.2. The first-order valence-corrected chi connectivity index (χ1v) is 5.22. The Morgan fingerprint density at radius 2 is 2.12 bits per heavy atom. The van der Waals surface area contributed by atoms with Crippen LogP contribution in [0.15, 0.2) is 12.1 Å². The molecule has 1 aromatic heterocycles. The Bertz CT molecular complexity index is 404. The molecule has 0 aliphatic heterocycles. The Balaban J connectivity index is 2.68. The standard InChI is InChI=1S/C10H15N5O2/c1-3-12-10(17)7-4-5-8(15-14-7)13-6(2)9(11)16/h4-6H,3H2,1-2H3,(H2,11,16)(H,12,17)(H,13,15). The van der Waals surface area contributed by atoms with Crippen LogP contribution in [0.3, 0.4) is 0 Å². The third-order valence-corrected chi connectivity index (χ3v) is 2.03. The molecule has 0 aromatic carbocycles. The van der Waals surface area contributed by atoms with Gasteiger partial charge in [-0.25, -0.2) is 0 Å². The third-order valence-electron chi connectivity index (χ3n) is 2.03. The van der Waals surface area contributed by atoms with Gasteiger partial charge in [0, 0.05) is 6.54 Å². The van der Waals surface area contributed by atoms with Crippen molar-refractivity contribution in [2.45, 2.75) is 19.9 Å². The molecule has 4 N–H and O–H groups in total. The fourth-order valence-electron chi connectivity index (χ4n) is 1.07. The molecule has 1 unspecified atom stereocenters. The summed E-state index contributed by atoms with van der Waals surface area (Å²) in [7, 11) is 0. The fourth-order valence-corrected chi connectivity index (χ4v) is 1.07. The summed E-state index contributed by atoms with van der Waals surface area (Å²) in [6, 6.07) is 2.55. The van der Waals surface area contributed by atoms with Gasteiger partial charge in [0.25, 0.3) is 5.91 Å². The van der Waals surface area contributed by atoms with E-state index < -0.39 is 11.9 Å². The van der Waals surface area contributed by atoms with E-state index in [4.69, 9.17) is 5.73 Å². The summed E-state index contributed by atoms with van der Waals surface area (Å²) >= 11 is 0. The minimum atomic E-state index is -0.542. The highest BCUT2D eigenvalue weighted by Gasteiger charge is 2.10. The van der Waals surface area contributed by atoms with Gasteiger partial charge in [0.1, 0.15) is 11.9 Å². The Kier molecular flexibility index (Phi) is 4.38. The number of amides is 2. The molecule has 0 aliphatic rings. The summed E-state index contributed by atoms with van der Waals surface area (Å²) < 4.78 is 0. The van der Waals surface area contributed by atoms with Crippen molar-refractivity contribution in [1.82, 2.24) is 15.5 Å². The van der Waals surface area contributed by atoms with Crippen molar-refractivity contribution >= 4 is 17.6 Å². The molecule has 0 radical (unpaired) electrons. The number of primary amides is 1. The molecular weight excluding hydrogens is 222 g/mol. The van der Waals surface area contributed by atoms with Gasteiger partial charge in [-0.3, -0.25) is 9.59 Å². The summed E-state index contributed by atoms with van der Waals surface area (Å²) in [5.41, 5.74) is 5.31. The second-order valence-corrected chi connectivity index (χ2v) is 3.43. The molecule has 1 aromatic rings. The third kappa shape index (κ3) is 3.71. The number of carbonyl (C=O) groups excluding carboxylic acids is 2. The summed E-state index contributed by atoms with van der Waals surface area (Å²) in [6.07, 6.45) is 0. The lowest BCUT2D eigenvalue weighted by Crippen LogP contribution is -2.33. The fraction of sp³-hybridized carbons (Fsp3) is 0.400. The number of nitrogens with zero attached hydrogens (tertiary/aromatic N) is 2. The number of hydrogen-bond donors (Lipinski definition) is 3. The topological polar surface area (TPSA) is 110 Å². The van der Waals surface area contributed by atoms with Crippen molar-refractivity contribution < 1.29 is 9.59 Å². The van der Waals surface area contributed by atoms with Crippen molar-refractivity contribution in [3.63, 3.8) is 0 Å². The monoisotopic (exact) mass is 237 g/mol. The maximum Gasteiger partial charge on any atom is 0.271 e. The summed E-state index contributed by atoms with van der Waals surface area (Å²) in [5.74, 6) is -0.376. The highest BCUT2D eigenvalue weighted by Crippen LogP contribution is 2.03. The van der Waals surface area contributed by atoms with Crippen LogP contribution in [0.2, 0.25) is 0 Å².